The molecule has 8 heteroatoms. The minimum atomic E-state index is -1.67. The fourth-order valence-corrected chi connectivity index (χ4v) is 1.30. The van der Waals surface area contributed by atoms with E-state index in [1.807, 2.05) is 5.32 Å². The van der Waals surface area contributed by atoms with Gasteiger partial charge in [-0.05, 0) is 18.2 Å². The molecule has 102 valence electrons. The summed E-state index contributed by atoms with van der Waals surface area (Å²) in [4.78, 5) is 32.8. The number of aromatic hydroxyl groups is 1. The van der Waals surface area contributed by atoms with Crippen molar-refractivity contribution in [1.29, 1.82) is 0 Å². The highest BCUT2D eigenvalue weighted by atomic mass is 19.1. The molecule has 0 aliphatic heterocycles. The lowest BCUT2D eigenvalue weighted by Gasteiger charge is -2.13. The monoisotopic (exact) mass is 271 g/mol. The Morgan fingerprint density at radius 1 is 1.26 bits per heavy atom. The zero-order valence-electron chi connectivity index (χ0n) is 9.46. The lowest BCUT2D eigenvalue weighted by atomic mass is 10.1. The first-order valence-electron chi connectivity index (χ1n) is 5.05. The molecule has 4 N–H and O–H groups in total. The second-order valence-electron chi connectivity index (χ2n) is 3.62. The fraction of sp³-hybridized carbons (Fsp3) is 0.182. The number of hydrogen-bond donors (Lipinski definition) is 4. The average molecular weight is 271 g/mol. The maximum absolute atomic E-state index is 12.9. The standard InChI is InChI=1S/C11H10FNO6/c12-5-1-2-8(14)6(3-5)10(17)13-7(11(18)19)4-9(15)16/h1-3,7,14H,4H2,(H,13,17)(H,15,16)(H,18,19)/t7-/m1/s1. The molecule has 0 spiro atoms. The highest BCUT2D eigenvalue weighted by Gasteiger charge is 2.24. The molecule has 1 amide bonds. The Balaban J connectivity index is 2.90. The zero-order valence-corrected chi connectivity index (χ0v) is 9.46. The molecule has 0 aliphatic rings. The second-order valence-corrected chi connectivity index (χ2v) is 3.62. The lowest BCUT2D eigenvalue weighted by Crippen LogP contribution is -2.42. The SMILES string of the molecule is O=C(O)C[C@@H](NC(=O)c1cc(F)ccc1O)C(=O)O. The van der Waals surface area contributed by atoms with E-state index in [1.54, 1.807) is 0 Å². The quantitative estimate of drug-likeness (QED) is 0.606. The molecule has 0 saturated heterocycles. The van der Waals surface area contributed by atoms with Crippen molar-refractivity contribution in [2.24, 2.45) is 0 Å². The smallest absolute Gasteiger partial charge is 0.326 e. The molecule has 1 atom stereocenters. The van der Waals surface area contributed by atoms with Gasteiger partial charge in [-0.2, -0.15) is 0 Å². The molecule has 0 aliphatic carbocycles. The number of carbonyl (C=O) groups is 3. The third-order valence-electron chi connectivity index (χ3n) is 2.19. The summed E-state index contributed by atoms with van der Waals surface area (Å²) < 4.78 is 12.9. The van der Waals surface area contributed by atoms with Crippen LogP contribution in [0.4, 0.5) is 4.39 Å². The number of nitrogens with one attached hydrogen (secondary N) is 1. The number of phenolic OH excluding ortho intramolecular Hbond substituents is 1. The highest BCUT2D eigenvalue weighted by molar-refractivity contribution is 5.99. The third kappa shape index (κ3) is 3.95. The molecule has 1 rings (SSSR count). The van der Waals surface area contributed by atoms with E-state index in [0.717, 1.165) is 12.1 Å². The van der Waals surface area contributed by atoms with E-state index in [9.17, 15) is 23.9 Å². The van der Waals surface area contributed by atoms with Crippen molar-refractivity contribution in [3.8, 4) is 5.75 Å². The first-order chi connectivity index (χ1) is 8.81. The summed E-state index contributed by atoms with van der Waals surface area (Å²) >= 11 is 0. The molecule has 0 aromatic heterocycles. The number of aliphatic carboxylic acids is 2. The minimum Gasteiger partial charge on any atom is -0.507 e. The number of hydrogen-bond acceptors (Lipinski definition) is 4. The molecular weight excluding hydrogens is 261 g/mol. The number of benzene rings is 1. The summed E-state index contributed by atoms with van der Waals surface area (Å²) in [6.07, 6.45) is -0.836. The van der Waals surface area contributed by atoms with Crippen LogP contribution in [0.5, 0.6) is 5.75 Å². The number of amides is 1. The Morgan fingerprint density at radius 3 is 2.42 bits per heavy atom. The van der Waals surface area contributed by atoms with Crippen LogP contribution in [0.2, 0.25) is 0 Å². The van der Waals surface area contributed by atoms with Gasteiger partial charge in [0.2, 0.25) is 0 Å². The Bertz CT molecular complexity index is 530. The number of carboxylic acid groups (broad SMARTS) is 2. The summed E-state index contributed by atoms with van der Waals surface area (Å²) in [6.45, 7) is 0. The van der Waals surface area contributed by atoms with Gasteiger partial charge in [0.05, 0.1) is 12.0 Å². The molecule has 0 fully saturated rings. The van der Waals surface area contributed by atoms with Gasteiger partial charge >= 0.3 is 11.9 Å². The Kier molecular flexibility index (Phi) is 4.41. The molecule has 0 unspecified atom stereocenters. The second kappa shape index (κ2) is 5.80. The van der Waals surface area contributed by atoms with Crippen molar-refractivity contribution in [3.63, 3.8) is 0 Å². The summed E-state index contributed by atoms with van der Waals surface area (Å²) in [5, 5.41) is 28.5. The van der Waals surface area contributed by atoms with Crippen molar-refractivity contribution < 1.29 is 34.1 Å². The van der Waals surface area contributed by atoms with E-state index in [2.05, 4.69) is 0 Å². The van der Waals surface area contributed by atoms with Crippen molar-refractivity contribution >= 4 is 17.8 Å². The maximum Gasteiger partial charge on any atom is 0.326 e. The molecule has 19 heavy (non-hydrogen) atoms. The van der Waals surface area contributed by atoms with Gasteiger partial charge in [-0.25, -0.2) is 9.18 Å². The first-order valence-corrected chi connectivity index (χ1v) is 5.05. The van der Waals surface area contributed by atoms with Gasteiger partial charge in [-0.1, -0.05) is 0 Å². The van der Waals surface area contributed by atoms with Crippen LogP contribution < -0.4 is 5.32 Å². The minimum absolute atomic E-state index is 0.475. The van der Waals surface area contributed by atoms with Crippen LogP contribution in [0, 0.1) is 5.82 Å². The molecule has 0 bridgehead atoms. The fourth-order valence-electron chi connectivity index (χ4n) is 1.30. The third-order valence-corrected chi connectivity index (χ3v) is 2.19. The number of halogens is 1. The van der Waals surface area contributed by atoms with Crippen molar-refractivity contribution in [2.45, 2.75) is 12.5 Å². The molecule has 0 radical (unpaired) electrons. The van der Waals surface area contributed by atoms with E-state index in [-0.39, 0.29) is 0 Å². The van der Waals surface area contributed by atoms with E-state index in [0.29, 0.717) is 6.07 Å². The average Bonchev–Trinajstić information content (AvgIpc) is 2.30. The number of carbonyl (C=O) groups excluding carboxylic acids is 1. The Hall–Kier alpha value is -2.64. The van der Waals surface area contributed by atoms with Crippen LogP contribution in [-0.4, -0.2) is 39.2 Å². The molecule has 1 aromatic carbocycles. The van der Waals surface area contributed by atoms with Gasteiger partial charge in [0.15, 0.2) is 0 Å². The number of phenols is 1. The van der Waals surface area contributed by atoms with Crippen LogP contribution in [-0.2, 0) is 9.59 Å². The van der Waals surface area contributed by atoms with E-state index in [4.69, 9.17) is 10.2 Å². The molecule has 7 nitrogen and oxygen atoms in total. The van der Waals surface area contributed by atoms with Crippen molar-refractivity contribution in [1.82, 2.24) is 5.32 Å². The zero-order chi connectivity index (χ0) is 14.6. The molecule has 0 heterocycles. The van der Waals surface area contributed by atoms with Crippen LogP contribution in [0.1, 0.15) is 16.8 Å². The van der Waals surface area contributed by atoms with E-state index < -0.39 is 47.4 Å². The molecular formula is C11H10FNO6. The predicted octanol–water partition coefficient (Wildman–Crippen LogP) is 0.189. The van der Waals surface area contributed by atoms with Crippen LogP contribution in [0.25, 0.3) is 0 Å². The molecule has 0 saturated carbocycles. The number of carboxylic acids is 2. The topological polar surface area (TPSA) is 124 Å². The lowest BCUT2D eigenvalue weighted by molar-refractivity contribution is -0.145. The highest BCUT2D eigenvalue weighted by Crippen LogP contribution is 2.17. The van der Waals surface area contributed by atoms with Crippen molar-refractivity contribution in [2.75, 3.05) is 0 Å². The number of rotatable bonds is 5. The van der Waals surface area contributed by atoms with Gasteiger partial charge in [-0.3, -0.25) is 9.59 Å². The first kappa shape index (κ1) is 14.4. The van der Waals surface area contributed by atoms with Gasteiger partial charge < -0.3 is 20.6 Å². The largest absolute Gasteiger partial charge is 0.507 e. The maximum atomic E-state index is 12.9. The van der Waals surface area contributed by atoms with Crippen LogP contribution in [0.15, 0.2) is 18.2 Å². The Labute approximate surface area is 106 Å². The van der Waals surface area contributed by atoms with Gasteiger partial charge in [0.1, 0.15) is 17.6 Å². The predicted molar refractivity (Wildman–Crippen MR) is 59.2 cm³/mol. The summed E-state index contributed by atoms with van der Waals surface area (Å²) in [5.74, 6) is -5.39. The van der Waals surface area contributed by atoms with Crippen LogP contribution in [0.3, 0.4) is 0 Å². The summed E-state index contributed by atoms with van der Waals surface area (Å²) in [6, 6.07) is 0.882. The van der Waals surface area contributed by atoms with Gasteiger partial charge in [0, 0.05) is 0 Å². The van der Waals surface area contributed by atoms with E-state index in [1.165, 1.54) is 0 Å². The van der Waals surface area contributed by atoms with Gasteiger partial charge in [-0.15, -0.1) is 0 Å². The Morgan fingerprint density at radius 2 is 1.89 bits per heavy atom. The van der Waals surface area contributed by atoms with E-state index >= 15 is 0 Å². The summed E-state index contributed by atoms with van der Waals surface area (Å²) in [5.41, 5.74) is -0.475. The van der Waals surface area contributed by atoms with Crippen molar-refractivity contribution in [3.05, 3.63) is 29.6 Å². The van der Waals surface area contributed by atoms with Gasteiger partial charge in [0.25, 0.3) is 5.91 Å². The molecule has 1 aromatic rings. The van der Waals surface area contributed by atoms with Crippen LogP contribution >= 0.6 is 0 Å². The summed E-state index contributed by atoms with van der Waals surface area (Å²) in [7, 11) is 0. The normalized spacial score (nSPS) is 11.6.